The highest BCUT2D eigenvalue weighted by Gasteiger charge is 2.71. The van der Waals surface area contributed by atoms with Gasteiger partial charge in [0.2, 0.25) is 5.91 Å². The predicted molar refractivity (Wildman–Crippen MR) is 121 cm³/mol. The molecule has 1 saturated carbocycles. The van der Waals surface area contributed by atoms with Crippen LogP contribution in [0, 0.1) is 11.2 Å². The van der Waals surface area contributed by atoms with Crippen molar-refractivity contribution >= 4 is 34.9 Å². The maximum atomic E-state index is 15.4. The number of benzene rings is 1. The van der Waals surface area contributed by atoms with Crippen molar-refractivity contribution in [2.75, 3.05) is 5.32 Å². The molecule has 31 heavy (non-hydrogen) atoms. The molecule has 2 spiro atoms. The first-order valence-corrected chi connectivity index (χ1v) is 11.6. The number of fused-ring (bicyclic) bond motifs is 3. The van der Waals surface area contributed by atoms with Gasteiger partial charge in [-0.05, 0) is 55.7 Å². The zero-order valence-corrected chi connectivity index (χ0v) is 19.4. The third-order valence-corrected chi connectivity index (χ3v) is 8.38. The molecule has 2 N–H and O–H groups in total. The van der Waals surface area contributed by atoms with Crippen LogP contribution in [0.15, 0.2) is 30.3 Å². The molecule has 0 unspecified atom stereocenters. The topological polar surface area (TPSA) is 54.0 Å². The molecule has 0 bridgehead atoms. The summed E-state index contributed by atoms with van der Waals surface area (Å²) in [5, 5.41) is 7.16. The summed E-state index contributed by atoms with van der Waals surface area (Å²) >= 11 is 12.3. The van der Waals surface area contributed by atoms with Crippen molar-refractivity contribution in [3.05, 3.63) is 57.5 Å². The molecule has 1 aromatic carbocycles. The van der Waals surface area contributed by atoms with Gasteiger partial charge >= 0.3 is 0 Å². The van der Waals surface area contributed by atoms with Gasteiger partial charge in [-0.25, -0.2) is 9.37 Å². The molecule has 1 amide bonds. The van der Waals surface area contributed by atoms with Gasteiger partial charge < -0.3 is 10.6 Å². The van der Waals surface area contributed by atoms with Crippen LogP contribution in [-0.4, -0.2) is 22.5 Å². The number of nitrogens with one attached hydrogen (secondary N) is 2. The minimum atomic E-state index is -0.999. The minimum absolute atomic E-state index is 0.0680. The Balaban J connectivity index is 1.79. The number of nitrogens with zero attached hydrogens (tertiary/aromatic N) is 1. The lowest BCUT2D eigenvalue weighted by Crippen LogP contribution is -2.61. The van der Waals surface area contributed by atoms with E-state index in [2.05, 4.69) is 29.5 Å². The van der Waals surface area contributed by atoms with Crippen LogP contribution in [0.2, 0.25) is 10.2 Å². The van der Waals surface area contributed by atoms with E-state index in [9.17, 15) is 4.79 Å². The first-order chi connectivity index (χ1) is 14.6. The fourth-order valence-electron chi connectivity index (χ4n) is 6.42. The van der Waals surface area contributed by atoms with Crippen LogP contribution >= 0.6 is 23.2 Å². The Hall–Kier alpha value is -1.69. The van der Waals surface area contributed by atoms with Crippen LogP contribution < -0.4 is 10.6 Å². The van der Waals surface area contributed by atoms with E-state index in [1.807, 2.05) is 13.0 Å². The van der Waals surface area contributed by atoms with E-state index >= 15 is 4.39 Å². The minimum Gasteiger partial charge on any atom is -0.310 e. The highest BCUT2D eigenvalue weighted by molar-refractivity contribution is 6.31. The second kappa shape index (κ2) is 6.90. The van der Waals surface area contributed by atoms with E-state index in [4.69, 9.17) is 23.2 Å². The van der Waals surface area contributed by atoms with Crippen molar-refractivity contribution in [2.24, 2.45) is 5.41 Å². The van der Waals surface area contributed by atoms with Gasteiger partial charge in [0.1, 0.15) is 22.2 Å². The number of rotatable bonds is 1. The van der Waals surface area contributed by atoms with Crippen LogP contribution in [0.5, 0.6) is 0 Å². The van der Waals surface area contributed by atoms with Crippen LogP contribution in [0.25, 0.3) is 0 Å². The fraction of sp³-hybridized carbons (Fsp3) is 0.500. The summed E-state index contributed by atoms with van der Waals surface area (Å²) in [6, 6.07) is 8.52. The molecular weight excluding hydrogens is 436 g/mol. The second-order valence-corrected chi connectivity index (χ2v) is 10.9. The summed E-state index contributed by atoms with van der Waals surface area (Å²) in [4.78, 5) is 18.3. The van der Waals surface area contributed by atoms with Crippen LogP contribution in [0.4, 0.5) is 10.2 Å². The van der Waals surface area contributed by atoms with E-state index in [-0.39, 0.29) is 22.4 Å². The van der Waals surface area contributed by atoms with Gasteiger partial charge in [0.25, 0.3) is 0 Å². The summed E-state index contributed by atoms with van der Waals surface area (Å²) < 4.78 is 15.4. The molecule has 1 aliphatic carbocycles. The number of hydrogen-bond acceptors (Lipinski definition) is 3. The molecule has 2 aromatic rings. The molecule has 164 valence electrons. The smallest absolute Gasteiger partial charge is 0.238 e. The molecule has 4 nitrogen and oxygen atoms in total. The molecule has 0 radical (unpaired) electrons. The number of amides is 1. The van der Waals surface area contributed by atoms with Gasteiger partial charge in [-0.3, -0.25) is 4.79 Å². The van der Waals surface area contributed by atoms with Gasteiger partial charge in [-0.1, -0.05) is 55.2 Å². The van der Waals surface area contributed by atoms with Crippen molar-refractivity contribution in [3.63, 3.8) is 0 Å². The standard InChI is InChI=1S/C24H26Cl2FN3O/c1-13-18(14-5-4-6-16(25)19(14)27)24(23(30-13)11-9-22(2,3)10-12-23)15-7-8-17(26)28-20(15)29-21(24)31/h4-8,13,18,30H,9-12H2,1-3H3,(H,28,29,31)/t13-,18+,24+/m0/s1. The van der Waals surface area contributed by atoms with Gasteiger partial charge in [-0.15, -0.1) is 0 Å². The fourth-order valence-corrected chi connectivity index (χ4v) is 6.75. The summed E-state index contributed by atoms with van der Waals surface area (Å²) in [6.45, 7) is 6.57. The zero-order valence-electron chi connectivity index (χ0n) is 17.9. The molecule has 3 atom stereocenters. The average Bonchev–Trinajstić information content (AvgIpc) is 3.13. The molecule has 1 saturated heterocycles. The predicted octanol–water partition coefficient (Wildman–Crippen LogP) is 5.83. The SMILES string of the molecule is C[C@@H]1NC2(CCC(C)(C)CC2)[C@@]2(C(=O)Nc3nc(Cl)ccc32)[C@H]1c1cccc(Cl)c1F. The van der Waals surface area contributed by atoms with Crippen LogP contribution in [-0.2, 0) is 10.2 Å². The Bertz CT molecular complexity index is 1080. The first-order valence-electron chi connectivity index (χ1n) is 10.8. The summed E-state index contributed by atoms with van der Waals surface area (Å²) in [7, 11) is 0. The van der Waals surface area contributed by atoms with Crippen LogP contribution in [0.3, 0.4) is 0 Å². The van der Waals surface area contributed by atoms with Crippen molar-refractivity contribution in [2.45, 2.75) is 69.4 Å². The Kier molecular flexibility index (Phi) is 4.71. The molecule has 7 heteroatoms. The number of halogens is 3. The maximum Gasteiger partial charge on any atom is 0.238 e. The average molecular weight is 462 g/mol. The van der Waals surface area contributed by atoms with E-state index in [1.165, 1.54) is 0 Å². The van der Waals surface area contributed by atoms with Crippen LogP contribution in [0.1, 0.15) is 63.5 Å². The molecule has 3 heterocycles. The molecule has 3 aliphatic rings. The molecule has 1 aromatic heterocycles. The summed E-state index contributed by atoms with van der Waals surface area (Å²) in [5.41, 5.74) is -0.0458. The van der Waals surface area contributed by atoms with Gasteiger partial charge in [0.15, 0.2) is 0 Å². The number of pyridine rings is 1. The number of carbonyl (C=O) groups is 1. The van der Waals surface area contributed by atoms with E-state index in [0.717, 1.165) is 31.2 Å². The van der Waals surface area contributed by atoms with Crippen molar-refractivity contribution in [3.8, 4) is 0 Å². The third-order valence-electron chi connectivity index (χ3n) is 7.88. The number of hydrogen-bond donors (Lipinski definition) is 2. The first kappa shape index (κ1) is 21.2. The van der Waals surface area contributed by atoms with Gasteiger partial charge in [0, 0.05) is 23.1 Å². The van der Waals surface area contributed by atoms with Gasteiger partial charge in [0.05, 0.1) is 5.02 Å². The highest BCUT2D eigenvalue weighted by Crippen LogP contribution is 2.63. The monoisotopic (exact) mass is 461 g/mol. The summed E-state index contributed by atoms with van der Waals surface area (Å²) in [6.07, 6.45) is 3.59. The van der Waals surface area contributed by atoms with E-state index in [1.54, 1.807) is 24.3 Å². The van der Waals surface area contributed by atoms with Gasteiger partial charge in [-0.2, -0.15) is 0 Å². The zero-order chi connectivity index (χ0) is 22.2. The number of carbonyl (C=O) groups excluding carboxylic acids is 1. The normalized spacial score (nSPS) is 30.6. The quantitative estimate of drug-likeness (QED) is 0.525. The number of aromatic nitrogens is 1. The Morgan fingerprint density at radius 3 is 2.52 bits per heavy atom. The lowest BCUT2D eigenvalue weighted by molar-refractivity contribution is -0.124. The molecule has 2 fully saturated rings. The molecule has 5 rings (SSSR count). The largest absolute Gasteiger partial charge is 0.310 e. The van der Waals surface area contributed by atoms with Crippen molar-refractivity contribution in [1.82, 2.24) is 10.3 Å². The Morgan fingerprint density at radius 1 is 1.10 bits per heavy atom. The highest BCUT2D eigenvalue weighted by atomic mass is 35.5. The summed E-state index contributed by atoms with van der Waals surface area (Å²) in [5.74, 6) is -0.557. The Morgan fingerprint density at radius 2 is 1.81 bits per heavy atom. The molecule has 2 aliphatic heterocycles. The Labute approximate surface area is 191 Å². The van der Waals surface area contributed by atoms with Crippen molar-refractivity contribution in [1.29, 1.82) is 0 Å². The van der Waals surface area contributed by atoms with E-state index in [0.29, 0.717) is 16.5 Å². The molecular formula is C24H26Cl2FN3O. The second-order valence-electron chi connectivity index (χ2n) is 10.1. The van der Waals surface area contributed by atoms with Crippen molar-refractivity contribution < 1.29 is 9.18 Å². The van der Waals surface area contributed by atoms with E-state index < -0.39 is 22.7 Å². The number of anilines is 1. The maximum absolute atomic E-state index is 15.4. The lowest BCUT2D eigenvalue weighted by atomic mass is 9.53. The lowest BCUT2D eigenvalue weighted by Gasteiger charge is -2.50. The third kappa shape index (κ3) is 2.82.